The van der Waals surface area contributed by atoms with Crippen LogP contribution < -0.4 is 15.4 Å². The third-order valence-electron chi connectivity index (χ3n) is 3.03. The van der Waals surface area contributed by atoms with E-state index in [0.717, 1.165) is 23.7 Å². The van der Waals surface area contributed by atoms with E-state index >= 15 is 0 Å². The summed E-state index contributed by atoms with van der Waals surface area (Å²) in [6, 6.07) is 6.29. The van der Waals surface area contributed by atoms with Crippen molar-refractivity contribution in [2.24, 2.45) is 4.99 Å². The highest BCUT2D eigenvalue weighted by atomic mass is 127. The Morgan fingerprint density at radius 1 is 1.40 bits per heavy atom. The van der Waals surface area contributed by atoms with Crippen molar-refractivity contribution in [3.8, 4) is 5.75 Å². The Morgan fingerprint density at radius 3 is 2.65 bits per heavy atom. The number of guanidine groups is 1. The molecule has 0 heterocycles. The van der Waals surface area contributed by atoms with Crippen LogP contribution in [0.25, 0.3) is 0 Å². The molecule has 0 saturated carbocycles. The van der Waals surface area contributed by atoms with Gasteiger partial charge in [0.1, 0.15) is 5.75 Å². The Morgan fingerprint density at radius 2 is 2.10 bits per heavy atom. The third kappa shape index (κ3) is 5.98. The molecule has 5 heteroatoms. The lowest BCUT2D eigenvalue weighted by Crippen LogP contribution is -2.34. The van der Waals surface area contributed by atoms with Crippen molar-refractivity contribution >= 4 is 29.9 Å². The van der Waals surface area contributed by atoms with Crippen molar-refractivity contribution in [1.82, 2.24) is 10.6 Å². The monoisotopic (exact) mass is 391 g/mol. The van der Waals surface area contributed by atoms with Crippen LogP contribution in [0.15, 0.2) is 23.2 Å². The molecule has 0 bridgehead atoms. The number of nitrogens with one attached hydrogen (secondary N) is 2. The molecular weight excluding hydrogens is 365 g/mol. The van der Waals surface area contributed by atoms with E-state index in [-0.39, 0.29) is 30.1 Å². The summed E-state index contributed by atoms with van der Waals surface area (Å²) in [5.41, 5.74) is 2.35. The van der Waals surface area contributed by atoms with E-state index in [4.69, 9.17) is 4.74 Å². The van der Waals surface area contributed by atoms with Crippen molar-refractivity contribution in [2.75, 3.05) is 14.1 Å². The van der Waals surface area contributed by atoms with Crippen LogP contribution in [0.4, 0.5) is 0 Å². The van der Waals surface area contributed by atoms with Gasteiger partial charge >= 0.3 is 0 Å². The number of aryl methyl sites for hydroxylation is 1. The number of benzene rings is 1. The molecule has 1 unspecified atom stereocenters. The molecule has 0 radical (unpaired) electrons. The number of hydrogen-bond acceptors (Lipinski definition) is 2. The Bertz CT molecular complexity index is 435. The maximum atomic E-state index is 5.97. The SMILES string of the molecule is CCC(C)Oc1cc(C)ccc1CNC(=NC)NC.I. The van der Waals surface area contributed by atoms with Gasteiger partial charge in [0.05, 0.1) is 6.10 Å². The number of halogens is 1. The van der Waals surface area contributed by atoms with Crippen molar-refractivity contribution in [3.05, 3.63) is 29.3 Å². The summed E-state index contributed by atoms with van der Waals surface area (Å²) < 4.78 is 5.97. The molecule has 1 rings (SSSR count). The summed E-state index contributed by atoms with van der Waals surface area (Å²) in [4.78, 5) is 4.10. The predicted octanol–water partition coefficient (Wildman–Crippen LogP) is 3.09. The lowest BCUT2D eigenvalue weighted by Gasteiger charge is -2.17. The minimum Gasteiger partial charge on any atom is -0.490 e. The van der Waals surface area contributed by atoms with Crippen LogP contribution in [-0.2, 0) is 6.54 Å². The summed E-state index contributed by atoms with van der Waals surface area (Å²) >= 11 is 0. The zero-order valence-electron chi connectivity index (χ0n) is 13.0. The molecule has 0 aliphatic carbocycles. The predicted molar refractivity (Wildman–Crippen MR) is 96.2 cm³/mol. The van der Waals surface area contributed by atoms with E-state index in [1.807, 2.05) is 7.05 Å². The molecule has 1 aromatic carbocycles. The maximum Gasteiger partial charge on any atom is 0.190 e. The van der Waals surface area contributed by atoms with Gasteiger partial charge in [-0.05, 0) is 31.9 Å². The van der Waals surface area contributed by atoms with Crippen LogP contribution in [0.2, 0.25) is 0 Å². The molecular formula is C15H26IN3O. The van der Waals surface area contributed by atoms with Crippen LogP contribution in [0, 0.1) is 6.92 Å². The first-order chi connectivity index (χ1) is 9.10. The van der Waals surface area contributed by atoms with Crippen LogP contribution >= 0.6 is 24.0 Å². The van der Waals surface area contributed by atoms with Gasteiger partial charge in [-0.3, -0.25) is 4.99 Å². The van der Waals surface area contributed by atoms with Gasteiger partial charge in [-0.2, -0.15) is 0 Å². The van der Waals surface area contributed by atoms with Crippen LogP contribution in [0.3, 0.4) is 0 Å². The molecule has 0 amide bonds. The molecule has 2 N–H and O–H groups in total. The minimum atomic E-state index is 0. The molecule has 1 aromatic rings. The Labute approximate surface area is 139 Å². The van der Waals surface area contributed by atoms with E-state index in [9.17, 15) is 0 Å². The fourth-order valence-corrected chi connectivity index (χ4v) is 1.68. The van der Waals surface area contributed by atoms with Crippen molar-refractivity contribution in [3.63, 3.8) is 0 Å². The number of rotatable bonds is 5. The first kappa shape index (κ1) is 19.0. The van der Waals surface area contributed by atoms with Crippen molar-refractivity contribution in [2.45, 2.75) is 39.8 Å². The fraction of sp³-hybridized carbons (Fsp3) is 0.533. The molecule has 0 aliphatic rings. The van der Waals surface area contributed by atoms with Gasteiger partial charge in [0.15, 0.2) is 5.96 Å². The molecule has 20 heavy (non-hydrogen) atoms. The zero-order chi connectivity index (χ0) is 14.3. The van der Waals surface area contributed by atoms with Gasteiger partial charge < -0.3 is 15.4 Å². The smallest absolute Gasteiger partial charge is 0.190 e. The summed E-state index contributed by atoms with van der Waals surface area (Å²) in [5.74, 6) is 1.73. The van der Waals surface area contributed by atoms with Gasteiger partial charge in [-0.1, -0.05) is 19.1 Å². The summed E-state index contributed by atoms with van der Waals surface area (Å²) in [7, 11) is 3.60. The zero-order valence-corrected chi connectivity index (χ0v) is 15.3. The number of aliphatic imine (C=N–C) groups is 1. The number of nitrogens with zero attached hydrogens (tertiary/aromatic N) is 1. The highest BCUT2D eigenvalue weighted by Crippen LogP contribution is 2.22. The van der Waals surface area contributed by atoms with Gasteiger partial charge in [-0.15, -0.1) is 24.0 Å². The van der Waals surface area contributed by atoms with Crippen LogP contribution in [0.1, 0.15) is 31.4 Å². The minimum absolute atomic E-state index is 0. The van der Waals surface area contributed by atoms with Gasteiger partial charge in [0.25, 0.3) is 0 Å². The second kappa shape index (κ2) is 9.85. The van der Waals surface area contributed by atoms with Gasteiger partial charge in [0.2, 0.25) is 0 Å². The van der Waals surface area contributed by atoms with Crippen molar-refractivity contribution in [1.29, 1.82) is 0 Å². The Balaban J connectivity index is 0.00000361. The van der Waals surface area contributed by atoms with E-state index in [2.05, 4.69) is 54.6 Å². The molecule has 0 aromatic heterocycles. The molecule has 0 spiro atoms. The van der Waals surface area contributed by atoms with E-state index in [1.54, 1.807) is 7.05 Å². The molecule has 114 valence electrons. The highest BCUT2D eigenvalue weighted by molar-refractivity contribution is 14.0. The molecule has 0 saturated heterocycles. The van der Waals surface area contributed by atoms with Crippen LogP contribution in [0.5, 0.6) is 5.75 Å². The lowest BCUT2D eigenvalue weighted by molar-refractivity contribution is 0.215. The third-order valence-corrected chi connectivity index (χ3v) is 3.03. The molecule has 4 nitrogen and oxygen atoms in total. The fourth-order valence-electron chi connectivity index (χ4n) is 1.68. The van der Waals surface area contributed by atoms with Gasteiger partial charge in [0, 0.05) is 26.2 Å². The number of hydrogen-bond donors (Lipinski definition) is 2. The Hall–Kier alpha value is -0.980. The Kier molecular flexibility index (Phi) is 9.37. The van der Waals surface area contributed by atoms with Crippen LogP contribution in [-0.4, -0.2) is 26.2 Å². The van der Waals surface area contributed by atoms with E-state index in [1.165, 1.54) is 5.56 Å². The first-order valence-corrected chi connectivity index (χ1v) is 6.75. The van der Waals surface area contributed by atoms with Gasteiger partial charge in [-0.25, -0.2) is 0 Å². The largest absolute Gasteiger partial charge is 0.490 e. The first-order valence-electron chi connectivity index (χ1n) is 6.75. The number of ether oxygens (including phenoxy) is 1. The molecule has 0 aliphatic heterocycles. The highest BCUT2D eigenvalue weighted by Gasteiger charge is 2.08. The van der Waals surface area contributed by atoms with E-state index in [0.29, 0.717) is 6.54 Å². The average molecular weight is 391 g/mol. The second-order valence-corrected chi connectivity index (χ2v) is 4.62. The summed E-state index contributed by atoms with van der Waals surface area (Å²) in [6.45, 7) is 6.99. The van der Waals surface area contributed by atoms with E-state index < -0.39 is 0 Å². The van der Waals surface area contributed by atoms with Crippen molar-refractivity contribution < 1.29 is 4.74 Å². The molecule has 1 atom stereocenters. The maximum absolute atomic E-state index is 5.97. The normalized spacial score (nSPS) is 12.3. The quantitative estimate of drug-likeness (QED) is 0.461. The summed E-state index contributed by atoms with van der Waals surface area (Å²) in [5, 5.41) is 6.25. The topological polar surface area (TPSA) is 45.6 Å². The standard InChI is InChI=1S/C15H25N3O.HI/c1-6-12(3)19-14-9-11(2)7-8-13(14)10-18-15(16-4)17-5;/h7-9,12H,6,10H2,1-5H3,(H2,16,17,18);1H. The average Bonchev–Trinajstić information content (AvgIpc) is 2.41. The lowest BCUT2D eigenvalue weighted by atomic mass is 10.1. The summed E-state index contributed by atoms with van der Waals surface area (Å²) in [6.07, 6.45) is 1.23. The second-order valence-electron chi connectivity index (χ2n) is 4.62. The molecule has 0 fully saturated rings.